The Morgan fingerprint density at radius 3 is 2.67 bits per heavy atom. The molecule has 1 aliphatic carbocycles. The van der Waals surface area contributed by atoms with Crippen molar-refractivity contribution >= 4 is 11.9 Å². The zero-order valence-corrected chi connectivity index (χ0v) is 12.2. The number of carboxylic acid groups (broad SMARTS) is 1. The van der Waals surface area contributed by atoms with Gasteiger partial charge in [0.1, 0.15) is 5.69 Å². The number of carboxylic acids is 1. The van der Waals surface area contributed by atoms with E-state index in [2.05, 4.69) is 22.2 Å². The first-order valence-corrected chi connectivity index (χ1v) is 7.25. The summed E-state index contributed by atoms with van der Waals surface area (Å²) in [6.45, 7) is 1.37. The second kappa shape index (κ2) is 7.17. The van der Waals surface area contributed by atoms with E-state index in [-0.39, 0.29) is 17.2 Å². The SMILES string of the molecule is CN(CCNC(=O)c1ccc(C(=O)O)cn1)C1CCCC1. The smallest absolute Gasteiger partial charge is 0.337 e. The van der Waals surface area contributed by atoms with Gasteiger partial charge in [0.05, 0.1) is 5.56 Å². The summed E-state index contributed by atoms with van der Waals surface area (Å²) in [7, 11) is 2.09. The first kappa shape index (κ1) is 15.4. The van der Waals surface area contributed by atoms with Crippen LogP contribution >= 0.6 is 0 Å². The molecule has 1 aromatic heterocycles. The normalized spacial score (nSPS) is 15.3. The molecule has 0 unspecified atom stereocenters. The molecule has 1 heterocycles. The maximum atomic E-state index is 11.9. The van der Waals surface area contributed by atoms with Crippen LogP contribution < -0.4 is 5.32 Å². The van der Waals surface area contributed by atoms with E-state index < -0.39 is 5.97 Å². The van der Waals surface area contributed by atoms with Gasteiger partial charge in [-0.1, -0.05) is 12.8 Å². The monoisotopic (exact) mass is 291 g/mol. The van der Waals surface area contributed by atoms with Crippen LogP contribution in [0.3, 0.4) is 0 Å². The van der Waals surface area contributed by atoms with Crippen LogP contribution in [0.15, 0.2) is 18.3 Å². The van der Waals surface area contributed by atoms with Gasteiger partial charge in [0.15, 0.2) is 0 Å². The minimum absolute atomic E-state index is 0.0764. The van der Waals surface area contributed by atoms with Crippen LogP contribution in [-0.4, -0.2) is 53.0 Å². The van der Waals surface area contributed by atoms with E-state index in [9.17, 15) is 9.59 Å². The van der Waals surface area contributed by atoms with Crippen LogP contribution in [0, 0.1) is 0 Å². The van der Waals surface area contributed by atoms with E-state index in [1.165, 1.54) is 44.0 Å². The number of hydrogen-bond donors (Lipinski definition) is 2. The molecule has 1 fully saturated rings. The first-order valence-electron chi connectivity index (χ1n) is 7.25. The van der Waals surface area contributed by atoms with Crippen LogP contribution in [-0.2, 0) is 0 Å². The highest BCUT2D eigenvalue weighted by Crippen LogP contribution is 2.21. The van der Waals surface area contributed by atoms with Crippen molar-refractivity contribution in [2.45, 2.75) is 31.7 Å². The predicted octanol–water partition coefficient (Wildman–Crippen LogP) is 1.38. The summed E-state index contributed by atoms with van der Waals surface area (Å²) in [4.78, 5) is 28.8. The molecule has 6 nitrogen and oxygen atoms in total. The Labute approximate surface area is 124 Å². The Morgan fingerprint density at radius 2 is 2.10 bits per heavy atom. The molecule has 0 aromatic carbocycles. The van der Waals surface area contributed by atoms with E-state index in [0.29, 0.717) is 12.6 Å². The van der Waals surface area contributed by atoms with E-state index in [1.54, 1.807) is 0 Å². The largest absolute Gasteiger partial charge is 0.478 e. The number of aromatic nitrogens is 1. The van der Waals surface area contributed by atoms with Crippen molar-refractivity contribution in [1.82, 2.24) is 15.2 Å². The zero-order chi connectivity index (χ0) is 15.2. The molecule has 1 aromatic rings. The molecule has 1 saturated carbocycles. The number of carbonyl (C=O) groups excluding carboxylic acids is 1. The maximum Gasteiger partial charge on any atom is 0.337 e. The number of carbonyl (C=O) groups is 2. The molecule has 6 heteroatoms. The Balaban J connectivity index is 1.77. The number of hydrogen-bond acceptors (Lipinski definition) is 4. The van der Waals surface area contributed by atoms with Crippen LogP contribution in [0.25, 0.3) is 0 Å². The number of pyridine rings is 1. The summed E-state index contributed by atoms with van der Waals surface area (Å²) in [5.41, 5.74) is 0.316. The average molecular weight is 291 g/mol. The highest BCUT2D eigenvalue weighted by atomic mass is 16.4. The van der Waals surface area contributed by atoms with Crippen molar-refractivity contribution in [1.29, 1.82) is 0 Å². The second-order valence-electron chi connectivity index (χ2n) is 5.41. The fourth-order valence-corrected chi connectivity index (χ4v) is 2.62. The molecule has 0 atom stereocenters. The summed E-state index contributed by atoms with van der Waals surface area (Å²) in [5.74, 6) is -1.32. The van der Waals surface area contributed by atoms with E-state index in [1.807, 2.05) is 0 Å². The van der Waals surface area contributed by atoms with Gasteiger partial charge in [0.2, 0.25) is 0 Å². The Morgan fingerprint density at radius 1 is 1.38 bits per heavy atom. The molecule has 0 radical (unpaired) electrons. The molecule has 1 amide bonds. The first-order chi connectivity index (χ1) is 10.1. The van der Waals surface area contributed by atoms with Gasteiger partial charge in [0.25, 0.3) is 5.91 Å². The number of nitrogens with one attached hydrogen (secondary N) is 1. The lowest BCUT2D eigenvalue weighted by Crippen LogP contribution is -2.37. The van der Waals surface area contributed by atoms with Crippen molar-refractivity contribution in [3.63, 3.8) is 0 Å². The molecular weight excluding hydrogens is 270 g/mol. The number of aromatic carboxylic acids is 1. The lowest BCUT2D eigenvalue weighted by atomic mass is 10.2. The van der Waals surface area contributed by atoms with Crippen molar-refractivity contribution in [2.75, 3.05) is 20.1 Å². The predicted molar refractivity (Wildman–Crippen MR) is 78.4 cm³/mol. The van der Waals surface area contributed by atoms with Gasteiger partial charge in [-0.3, -0.25) is 9.78 Å². The highest BCUT2D eigenvalue weighted by molar-refractivity contribution is 5.93. The van der Waals surface area contributed by atoms with Crippen LogP contribution in [0.2, 0.25) is 0 Å². The topological polar surface area (TPSA) is 82.5 Å². The fourth-order valence-electron chi connectivity index (χ4n) is 2.62. The minimum Gasteiger partial charge on any atom is -0.478 e. The Bertz CT molecular complexity index is 495. The van der Waals surface area contributed by atoms with Gasteiger partial charge in [-0.05, 0) is 32.0 Å². The molecule has 1 aliphatic rings. The molecular formula is C15H21N3O3. The molecule has 21 heavy (non-hydrogen) atoms. The van der Waals surface area contributed by atoms with Crippen LogP contribution in [0.1, 0.15) is 46.5 Å². The minimum atomic E-state index is -1.05. The standard InChI is InChI=1S/C15H21N3O3/c1-18(12-4-2-3-5-12)9-8-16-14(19)13-7-6-11(10-17-13)15(20)21/h6-7,10,12H,2-5,8-9H2,1H3,(H,16,19)(H,20,21). The van der Waals surface area contributed by atoms with E-state index in [4.69, 9.17) is 5.11 Å². The average Bonchev–Trinajstić information content (AvgIpc) is 3.01. The summed E-state index contributed by atoms with van der Waals surface area (Å²) in [5, 5.41) is 11.6. The number of nitrogens with zero attached hydrogens (tertiary/aromatic N) is 2. The summed E-state index contributed by atoms with van der Waals surface area (Å²) >= 11 is 0. The number of likely N-dealkylation sites (N-methyl/N-ethyl adjacent to an activating group) is 1. The van der Waals surface area contributed by atoms with Crippen LogP contribution in [0.5, 0.6) is 0 Å². The molecule has 2 N–H and O–H groups in total. The molecule has 0 aliphatic heterocycles. The van der Waals surface area contributed by atoms with Crippen molar-refractivity contribution in [3.05, 3.63) is 29.6 Å². The van der Waals surface area contributed by atoms with Crippen molar-refractivity contribution in [3.8, 4) is 0 Å². The van der Waals surface area contributed by atoms with E-state index >= 15 is 0 Å². The van der Waals surface area contributed by atoms with Crippen molar-refractivity contribution < 1.29 is 14.7 Å². The third-order valence-corrected chi connectivity index (χ3v) is 3.94. The van der Waals surface area contributed by atoms with Gasteiger partial charge in [-0.2, -0.15) is 0 Å². The summed E-state index contributed by atoms with van der Waals surface area (Å²) in [6, 6.07) is 3.45. The van der Waals surface area contributed by atoms with Gasteiger partial charge in [-0.25, -0.2) is 4.79 Å². The maximum absolute atomic E-state index is 11.9. The summed E-state index contributed by atoms with van der Waals surface area (Å²) in [6.07, 6.45) is 6.26. The van der Waals surface area contributed by atoms with Crippen LogP contribution in [0.4, 0.5) is 0 Å². The van der Waals surface area contributed by atoms with Gasteiger partial charge < -0.3 is 15.3 Å². The highest BCUT2D eigenvalue weighted by Gasteiger charge is 2.19. The second-order valence-corrected chi connectivity index (χ2v) is 5.41. The Kier molecular flexibility index (Phi) is 5.27. The lowest BCUT2D eigenvalue weighted by Gasteiger charge is -2.23. The number of amides is 1. The zero-order valence-electron chi connectivity index (χ0n) is 12.2. The molecule has 114 valence electrons. The quantitative estimate of drug-likeness (QED) is 0.827. The molecule has 0 bridgehead atoms. The van der Waals surface area contributed by atoms with Gasteiger partial charge >= 0.3 is 5.97 Å². The summed E-state index contributed by atoms with van der Waals surface area (Å²) < 4.78 is 0. The number of rotatable bonds is 6. The third kappa shape index (κ3) is 4.26. The van der Waals surface area contributed by atoms with Gasteiger partial charge in [0, 0.05) is 25.3 Å². The van der Waals surface area contributed by atoms with E-state index in [0.717, 1.165) is 6.54 Å². The van der Waals surface area contributed by atoms with Gasteiger partial charge in [-0.15, -0.1) is 0 Å². The molecule has 2 rings (SSSR count). The lowest BCUT2D eigenvalue weighted by molar-refractivity contribution is 0.0695. The van der Waals surface area contributed by atoms with Crippen molar-refractivity contribution in [2.24, 2.45) is 0 Å². The fraction of sp³-hybridized carbons (Fsp3) is 0.533. The molecule has 0 saturated heterocycles. The third-order valence-electron chi connectivity index (χ3n) is 3.94. The molecule has 0 spiro atoms. The Hall–Kier alpha value is -1.95.